The molecular weight excluding hydrogens is 402 g/mol. The normalized spacial score (nSPS) is 10.6. The number of urea groups is 1. The lowest BCUT2D eigenvalue weighted by atomic mass is 10.2. The summed E-state index contributed by atoms with van der Waals surface area (Å²) < 4.78 is 11.5. The number of rotatable bonds is 8. The number of ether oxygens (including phenoxy) is 2. The molecule has 0 saturated carbocycles. The van der Waals surface area contributed by atoms with Gasteiger partial charge in [0.1, 0.15) is 24.7 Å². The van der Waals surface area contributed by atoms with Gasteiger partial charge in [0.2, 0.25) is 0 Å². The van der Waals surface area contributed by atoms with Gasteiger partial charge in [-0.1, -0.05) is 47.5 Å². The Kier molecular flexibility index (Phi) is 7.69. The Morgan fingerprint density at radius 2 is 1.73 bits per heavy atom. The van der Waals surface area contributed by atoms with Crippen molar-refractivity contribution in [1.29, 1.82) is 0 Å². The number of benzene rings is 3. The maximum absolute atomic E-state index is 11.9. The Balaban J connectivity index is 1.51. The van der Waals surface area contributed by atoms with Gasteiger partial charge in [-0.3, -0.25) is 0 Å². The summed E-state index contributed by atoms with van der Waals surface area (Å²) in [5, 5.41) is 7.18. The second-order valence-corrected chi connectivity index (χ2v) is 6.82. The van der Waals surface area contributed by atoms with Gasteiger partial charge in [-0.25, -0.2) is 10.2 Å². The number of carbonyl (C=O) groups excluding carboxylic acids is 1. The smallest absolute Gasteiger partial charge is 0.339 e. The highest BCUT2D eigenvalue weighted by molar-refractivity contribution is 6.30. The fourth-order valence-electron chi connectivity index (χ4n) is 2.54. The third-order valence-electron chi connectivity index (χ3n) is 4.00. The summed E-state index contributed by atoms with van der Waals surface area (Å²) in [5.41, 5.74) is 4.90. The third kappa shape index (κ3) is 6.83. The van der Waals surface area contributed by atoms with E-state index < -0.39 is 6.03 Å². The lowest BCUT2D eigenvalue weighted by Crippen LogP contribution is -2.24. The van der Waals surface area contributed by atoms with Gasteiger partial charge < -0.3 is 14.8 Å². The zero-order valence-corrected chi connectivity index (χ0v) is 17.2. The first-order valence-electron chi connectivity index (χ1n) is 9.37. The molecule has 0 radical (unpaired) electrons. The SMILES string of the molecule is Cc1ccc(OCCOc2ccc(Cl)cc2/C=N\NC(=O)Nc2ccccc2)cc1. The van der Waals surface area contributed by atoms with Crippen LogP contribution >= 0.6 is 11.6 Å². The van der Waals surface area contributed by atoms with E-state index in [4.69, 9.17) is 21.1 Å². The van der Waals surface area contributed by atoms with Crippen LogP contribution in [0.5, 0.6) is 11.5 Å². The molecule has 0 aliphatic rings. The van der Waals surface area contributed by atoms with Crippen molar-refractivity contribution in [2.45, 2.75) is 6.92 Å². The second kappa shape index (κ2) is 10.9. The van der Waals surface area contributed by atoms with E-state index in [1.54, 1.807) is 30.3 Å². The van der Waals surface area contributed by atoms with Gasteiger partial charge in [0.25, 0.3) is 0 Å². The van der Waals surface area contributed by atoms with E-state index in [0.717, 1.165) is 5.75 Å². The third-order valence-corrected chi connectivity index (χ3v) is 4.24. The van der Waals surface area contributed by atoms with Crippen molar-refractivity contribution in [1.82, 2.24) is 5.43 Å². The Bertz CT molecular complexity index is 992. The predicted octanol–water partition coefficient (Wildman–Crippen LogP) is 5.26. The van der Waals surface area contributed by atoms with E-state index in [0.29, 0.717) is 35.2 Å². The maximum Gasteiger partial charge on any atom is 0.339 e. The molecule has 30 heavy (non-hydrogen) atoms. The maximum atomic E-state index is 11.9. The highest BCUT2D eigenvalue weighted by Gasteiger charge is 2.04. The van der Waals surface area contributed by atoms with Crippen molar-refractivity contribution in [3.8, 4) is 11.5 Å². The molecule has 0 spiro atoms. The van der Waals surface area contributed by atoms with Crippen molar-refractivity contribution >= 4 is 29.5 Å². The van der Waals surface area contributed by atoms with Gasteiger partial charge in [0.15, 0.2) is 0 Å². The van der Waals surface area contributed by atoms with E-state index in [-0.39, 0.29) is 0 Å². The van der Waals surface area contributed by atoms with Crippen LogP contribution in [0.25, 0.3) is 0 Å². The number of hydrogen-bond acceptors (Lipinski definition) is 4. The van der Waals surface area contributed by atoms with Crippen molar-refractivity contribution in [3.63, 3.8) is 0 Å². The molecule has 0 aliphatic carbocycles. The van der Waals surface area contributed by atoms with Crippen LogP contribution in [0.4, 0.5) is 10.5 Å². The number of nitrogens with zero attached hydrogens (tertiary/aromatic N) is 1. The Labute approximate surface area is 180 Å². The first-order chi connectivity index (χ1) is 14.6. The predicted molar refractivity (Wildman–Crippen MR) is 120 cm³/mol. The van der Waals surface area contributed by atoms with Gasteiger partial charge in [-0.15, -0.1) is 0 Å². The monoisotopic (exact) mass is 423 g/mol. The lowest BCUT2D eigenvalue weighted by Gasteiger charge is -2.11. The number of para-hydroxylation sites is 1. The number of hydrazone groups is 1. The summed E-state index contributed by atoms with van der Waals surface area (Å²) in [6, 6.07) is 21.6. The van der Waals surface area contributed by atoms with Crippen molar-refractivity contribution in [2.75, 3.05) is 18.5 Å². The van der Waals surface area contributed by atoms with Crippen LogP contribution in [-0.2, 0) is 0 Å². The molecule has 2 amide bonds. The molecule has 0 unspecified atom stereocenters. The zero-order chi connectivity index (χ0) is 21.2. The summed E-state index contributed by atoms with van der Waals surface area (Å²) in [5.74, 6) is 1.37. The molecule has 0 aromatic heterocycles. The van der Waals surface area contributed by atoms with Crippen LogP contribution in [0.1, 0.15) is 11.1 Å². The van der Waals surface area contributed by atoms with Gasteiger partial charge >= 0.3 is 6.03 Å². The van der Waals surface area contributed by atoms with Crippen molar-refractivity contribution < 1.29 is 14.3 Å². The Hall–Kier alpha value is -3.51. The number of aryl methyl sites for hydroxylation is 1. The Morgan fingerprint density at radius 3 is 2.50 bits per heavy atom. The zero-order valence-electron chi connectivity index (χ0n) is 16.5. The first-order valence-corrected chi connectivity index (χ1v) is 9.75. The number of amides is 2. The molecule has 0 fully saturated rings. The van der Waals surface area contributed by atoms with E-state index in [9.17, 15) is 4.79 Å². The molecule has 3 aromatic carbocycles. The molecule has 6 nitrogen and oxygen atoms in total. The molecule has 0 atom stereocenters. The highest BCUT2D eigenvalue weighted by atomic mass is 35.5. The minimum atomic E-state index is -0.451. The second-order valence-electron chi connectivity index (χ2n) is 6.38. The van der Waals surface area contributed by atoms with E-state index >= 15 is 0 Å². The molecule has 7 heteroatoms. The summed E-state index contributed by atoms with van der Waals surface area (Å²) in [7, 11) is 0. The van der Waals surface area contributed by atoms with Crippen LogP contribution in [0.15, 0.2) is 77.9 Å². The van der Waals surface area contributed by atoms with Crippen LogP contribution in [0.2, 0.25) is 5.02 Å². The molecule has 0 aliphatic heterocycles. The molecule has 0 saturated heterocycles. The number of nitrogens with one attached hydrogen (secondary N) is 2. The van der Waals surface area contributed by atoms with Gasteiger partial charge in [-0.05, 0) is 49.4 Å². The number of halogens is 1. The summed E-state index contributed by atoms with van der Waals surface area (Å²) in [4.78, 5) is 11.9. The van der Waals surface area contributed by atoms with Crippen LogP contribution < -0.4 is 20.2 Å². The first kappa shape index (κ1) is 21.2. The molecular formula is C23H22ClN3O3. The van der Waals surface area contributed by atoms with Gasteiger partial charge in [0.05, 0.1) is 6.21 Å². The fraction of sp³-hybridized carbons (Fsp3) is 0.130. The van der Waals surface area contributed by atoms with Crippen LogP contribution in [-0.4, -0.2) is 25.5 Å². The molecule has 3 aromatic rings. The van der Waals surface area contributed by atoms with Gasteiger partial charge in [0, 0.05) is 16.3 Å². The van der Waals surface area contributed by atoms with Crippen LogP contribution in [0, 0.1) is 6.92 Å². The van der Waals surface area contributed by atoms with Gasteiger partial charge in [-0.2, -0.15) is 5.10 Å². The standard InChI is InChI=1S/C23H22ClN3O3/c1-17-7-10-21(11-8-17)29-13-14-30-22-12-9-19(24)15-18(22)16-25-27-23(28)26-20-5-3-2-4-6-20/h2-12,15-16H,13-14H2,1H3,(H2,26,27,28)/b25-16-. The average Bonchev–Trinajstić information content (AvgIpc) is 2.74. The molecule has 0 bridgehead atoms. The summed E-state index contributed by atoms with van der Waals surface area (Å²) >= 11 is 6.08. The van der Waals surface area contributed by atoms with E-state index in [2.05, 4.69) is 15.8 Å². The summed E-state index contributed by atoms with van der Waals surface area (Å²) in [6.45, 7) is 2.76. The molecule has 3 rings (SSSR count). The Morgan fingerprint density at radius 1 is 1.00 bits per heavy atom. The van der Waals surface area contributed by atoms with Crippen LogP contribution in [0.3, 0.4) is 0 Å². The average molecular weight is 424 g/mol. The molecule has 154 valence electrons. The lowest BCUT2D eigenvalue weighted by molar-refractivity contribution is 0.217. The fourth-order valence-corrected chi connectivity index (χ4v) is 2.72. The van der Waals surface area contributed by atoms with E-state index in [1.165, 1.54) is 11.8 Å². The minimum absolute atomic E-state index is 0.346. The quantitative estimate of drug-likeness (QED) is 0.295. The molecule has 0 heterocycles. The highest BCUT2D eigenvalue weighted by Crippen LogP contribution is 2.21. The minimum Gasteiger partial charge on any atom is -0.490 e. The number of carbonyl (C=O) groups is 1. The van der Waals surface area contributed by atoms with Crippen molar-refractivity contribution in [3.05, 3.63) is 88.9 Å². The number of hydrogen-bond donors (Lipinski definition) is 2. The van der Waals surface area contributed by atoms with E-state index in [1.807, 2.05) is 49.4 Å². The van der Waals surface area contributed by atoms with Crippen molar-refractivity contribution in [2.24, 2.45) is 5.10 Å². The molecule has 2 N–H and O–H groups in total. The number of anilines is 1. The topological polar surface area (TPSA) is 72.0 Å². The summed E-state index contributed by atoms with van der Waals surface area (Å²) in [6.07, 6.45) is 1.48. The largest absolute Gasteiger partial charge is 0.490 e.